The SMILES string of the molecule is CCc1nc(C)cc(NC(C)C(=O)N(C)CC)n1. The van der Waals surface area contributed by atoms with E-state index in [-0.39, 0.29) is 11.9 Å². The monoisotopic (exact) mass is 250 g/mol. The normalized spacial score (nSPS) is 12.1. The second-order valence-electron chi connectivity index (χ2n) is 4.38. The summed E-state index contributed by atoms with van der Waals surface area (Å²) in [5.74, 6) is 1.57. The van der Waals surface area contributed by atoms with Gasteiger partial charge in [0.15, 0.2) is 0 Å². The van der Waals surface area contributed by atoms with E-state index in [1.165, 1.54) is 0 Å². The highest BCUT2D eigenvalue weighted by Gasteiger charge is 2.16. The highest BCUT2D eigenvalue weighted by atomic mass is 16.2. The first-order valence-corrected chi connectivity index (χ1v) is 6.34. The molecule has 0 radical (unpaired) electrons. The lowest BCUT2D eigenvalue weighted by molar-refractivity contribution is -0.130. The molecule has 1 N–H and O–H groups in total. The Balaban J connectivity index is 2.78. The van der Waals surface area contributed by atoms with Gasteiger partial charge in [0.2, 0.25) is 5.91 Å². The van der Waals surface area contributed by atoms with Gasteiger partial charge in [-0.2, -0.15) is 0 Å². The Labute approximate surface area is 109 Å². The smallest absolute Gasteiger partial charge is 0.244 e. The van der Waals surface area contributed by atoms with Crippen LogP contribution in [0.3, 0.4) is 0 Å². The van der Waals surface area contributed by atoms with E-state index in [1.807, 2.05) is 33.8 Å². The molecule has 18 heavy (non-hydrogen) atoms. The van der Waals surface area contributed by atoms with Crippen molar-refractivity contribution in [1.82, 2.24) is 14.9 Å². The minimum atomic E-state index is -0.283. The molecule has 0 bridgehead atoms. The Hall–Kier alpha value is -1.65. The summed E-state index contributed by atoms with van der Waals surface area (Å²) in [5, 5.41) is 3.13. The van der Waals surface area contributed by atoms with Crippen LogP contribution in [0.15, 0.2) is 6.07 Å². The van der Waals surface area contributed by atoms with Crippen molar-refractivity contribution in [2.75, 3.05) is 18.9 Å². The van der Waals surface area contributed by atoms with E-state index < -0.39 is 0 Å². The molecule has 0 saturated heterocycles. The zero-order chi connectivity index (χ0) is 13.7. The summed E-state index contributed by atoms with van der Waals surface area (Å²) in [6.07, 6.45) is 0.785. The second kappa shape index (κ2) is 6.33. The number of rotatable bonds is 5. The summed E-state index contributed by atoms with van der Waals surface area (Å²) in [6.45, 7) is 8.44. The van der Waals surface area contributed by atoms with Crippen molar-refractivity contribution in [2.45, 2.75) is 40.2 Å². The molecule has 100 valence electrons. The summed E-state index contributed by atoms with van der Waals surface area (Å²) >= 11 is 0. The fraction of sp³-hybridized carbons (Fsp3) is 0.615. The van der Waals surface area contributed by atoms with Gasteiger partial charge < -0.3 is 10.2 Å². The van der Waals surface area contributed by atoms with E-state index in [0.29, 0.717) is 12.4 Å². The van der Waals surface area contributed by atoms with E-state index in [0.717, 1.165) is 17.9 Å². The molecule has 0 fully saturated rings. The van der Waals surface area contributed by atoms with Crippen LogP contribution in [-0.2, 0) is 11.2 Å². The highest BCUT2D eigenvalue weighted by molar-refractivity contribution is 5.83. The topological polar surface area (TPSA) is 58.1 Å². The largest absolute Gasteiger partial charge is 0.359 e. The number of nitrogens with one attached hydrogen (secondary N) is 1. The number of aromatic nitrogens is 2. The van der Waals surface area contributed by atoms with Crippen molar-refractivity contribution in [3.8, 4) is 0 Å². The van der Waals surface area contributed by atoms with Crippen LogP contribution in [0.1, 0.15) is 32.3 Å². The zero-order valence-electron chi connectivity index (χ0n) is 11.8. The maximum absolute atomic E-state index is 11.9. The molecule has 0 aliphatic carbocycles. The van der Waals surface area contributed by atoms with Crippen LogP contribution in [0, 0.1) is 6.92 Å². The molecule has 1 heterocycles. The van der Waals surface area contributed by atoms with Crippen LogP contribution in [0.5, 0.6) is 0 Å². The fourth-order valence-corrected chi connectivity index (χ4v) is 1.63. The third-order valence-electron chi connectivity index (χ3n) is 2.80. The predicted molar refractivity (Wildman–Crippen MR) is 72.5 cm³/mol. The summed E-state index contributed by atoms with van der Waals surface area (Å²) in [6, 6.07) is 1.57. The van der Waals surface area contributed by atoms with Gasteiger partial charge in [-0.25, -0.2) is 9.97 Å². The summed E-state index contributed by atoms with van der Waals surface area (Å²) in [4.78, 5) is 22.3. The Morgan fingerprint density at radius 2 is 2.11 bits per heavy atom. The zero-order valence-corrected chi connectivity index (χ0v) is 11.8. The Kier molecular flexibility index (Phi) is 5.07. The maximum Gasteiger partial charge on any atom is 0.244 e. The molecule has 1 aromatic heterocycles. The van der Waals surface area contributed by atoms with Gasteiger partial charge in [0, 0.05) is 31.8 Å². The number of carbonyl (C=O) groups is 1. The fourth-order valence-electron chi connectivity index (χ4n) is 1.63. The number of nitrogens with zero attached hydrogens (tertiary/aromatic N) is 3. The standard InChI is InChI=1S/C13H22N4O/c1-6-11-14-9(3)8-12(16-11)15-10(4)13(18)17(5)7-2/h8,10H,6-7H2,1-5H3,(H,14,15,16). The van der Waals surface area contributed by atoms with Gasteiger partial charge in [-0.05, 0) is 20.8 Å². The van der Waals surface area contributed by atoms with Gasteiger partial charge in [-0.1, -0.05) is 6.92 Å². The molecule has 5 nitrogen and oxygen atoms in total. The van der Waals surface area contributed by atoms with Crippen molar-refractivity contribution < 1.29 is 4.79 Å². The number of anilines is 1. The van der Waals surface area contributed by atoms with Gasteiger partial charge in [0.25, 0.3) is 0 Å². The van der Waals surface area contributed by atoms with Gasteiger partial charge in [-0.3, -0.25) is 4.79 Å². The first-order chi connectivity index (χ1) is 8.47. The molecule has 0 spiro atoms. The van der Waals surface area contributed by atoms with Crippen molar-refractivity contribution in [3.63, 3.8) is 0 Å². The minimum Gasteiger partial charge on any atom is -0.359 e. The van der Waals surface area contributed by atoms with Crippen molar-refractivity contribution in [3.05, 3.63) is 17.6 Å². The van der Waals surface area contributed by atoms with Gasteiger partial charge in [0.1, 0.15) is 17.7 Å². The van der Waals surface area contributed by atoms with Crippen molar-refractivity contribution in [1.29, 1.82) is 0 Å². The summed E-state index contributed by atoms with van der Waals surface area (Å²) in [7, 11) is 1.79. The number of amides is 1. The van der Waals surface area contributed by atoms with Crippen LogP contribution in [0.4, 0.5) is 5.82 Å². The van der Waals surface area contributed by atoms with Crippen molar-refractivity contribution in [2.24, 2.45) is 0 Å². The molecule has 1 aromatic rings. The number of likely N-dealkylation sites (N-methyl/N-ethyl adjacent to an activating group) is 1. The quantitative estimate of drug-likeness (QED) is 0.863. The van der Waals surface area contributed by atoms with Gasteiger partial charge in [0.05, 0.1) is 0 Å². The molecule has 1 atom stereocenters. The summed E-state index contributed by atoms with van der Waals surface area (Å²) in [5.41, 5.74) is 0.910. The molecule has 1 unspecified atom stereocenters. The first kappa shape index (κ1) is 14.4. The number of carbonyl (C=O) groups excluding carboxylic acids is 1. The molecular weight excluding hydrogens is 228 g/mol. The predicted octanol–water partition coefficient (Wildman–Crippen LogP) is 1.63. The lowest BCUT2D eigenvalue weighted by Gasteiger charge is -2.21. The number of hydrogen-bond donors (Lipinski definition) is 1. The van der Waals surface area contributed by atoms with Crippen LogP contribution in [0.25, 0.3) is 0 Å². The highest BCUT2D eigenvalue weighted by Crippen LogP contribution is 2.09. The second-order valence-corrected chi connectivity index (χ2v) is 4.38. The number of aryl methyl sites for hydroxylation is 2. The van der Waals surface area contributed by atoms with Crippen LogP contribution < -0.4 is 5.32 Å². The Morgan fingerprint density at radius 3 is 2.67 bits per heavy atom. The maximum atomic E-state index is 11.9. The molecule has 0 saturated carbocycles. The lowest BCUT2D eigenvalue weighted by Crippen LogP contribution is -2.39. The molecule has 0 aromatic carbocycles. The third-order valence-corrected chi connectivity index (χ3v) is 2.80. The average molecular weight is 250 g/mol. The number of hydrogen-bond acceptors (Lipinski definition) is 4. The molecule has 5 heteroatoms. The van der Waals surface area contributed by atoms with Crippen LogP contribution in [0.2, 0.25) is 0 Å². The van der Waals surface area contributed by atoms with E-state index in [2.05, 4.69) is 15.3 Å². The molecule has 0 aliphatic heterocycles. The first-order valence-electron chi connectivity index (χ1n) is 6.34. The third kappa shape index (κ3) is 3.68. The Bertz CT molecular complexity index is 419. The van der Waals surface area contributed by atoms with E-state index >= 15 is 0 Å². The van der Waals surface area contributed by atoms with Crippen LogP contribution >= 0.6 is 0 Å². The van der Waals surface area contributed by atoms with E-state index in [4.69, 9.17) is 0 Å². The van der Waals surface area contributed by atoms with Crippen molar-refractivity contribution >= 4 is 11.7 Å². The Morgan fingerprint density at radius 1 is 1.44 bits per heavy atom. The van der Waals surface area contributed by atoms with Crippen LogP contribution in [-0.4, -0.2) is 40.4 Å². The van der Waals surface area contributed by atoms with E-state index in [9.17, 15) is 4.79 Å². The van der Waals surface area contributed by atoms with Gasteiger partial charge >= 0.3 is 0 Å². The average Bonchev–Trinajstić information content (AvgIpc) is 2.35. The molecule has 1 amide bonds. The minimum absolute atomic E-state index is 0.0619. The lowest BCUT2D eigenvalue weighted by atomic mass is 10.3. The molecular formula is C13H22N4O. The van der Waals surface area contributed by atoms with E-state index in [1.54, 1.807) is 11.9 Å². The van der Waals surface area contributed by atoms with Gasteiger partial charge in [-0.15, -0.1) is 0 Å². The molecule has 0 aliphatic rings. The summed E-state index contributed by atoms with van der Waals surface area (Å²) < 4.78 is 0. The molecule has 1 rings (SSSR count).